The number of fused-ring (bicyclic) bond motifs is 1. The van der Waals surface area contributed by atoms with Gasteiger partial charge in [0, 0.05) is 22.5 Å². The van der Waals surface area contributed by atoms with Crippen molar-refractivity contribution in [3.8, 4) is 11.6 Å². The maximum absolute atomic E-state index is 12.6. The molecule has 11 heteroatoms. The maximum atomic E-state index is 12.6. The van der Waals surface area contributed by atoms with Crippen LogP contribution < -0.4 is 14.8 Å². The molecule has 1 amide bonds. The van der Waals surface area contributed by atoms with E-state index in [4.69, 9.17) is 21.1 Å². The summed E-state index contributed by atoms with van der Waals surface area (Å²) < 4.78 is 51.7. The average Bonchev–Trinajstić information content (AvgIpc) is 2.76. The van der Waals surface area contributed by atoms with Crippen molar-refractivity contribution in [3.05, 3.63) is 64.2 Å². The van der Waals surface area contributed by atoms with Crippen LogP contribution in [0.5, 0.6) is 11.6 Å². The number of carbonyl (C=O) groups excluding carboxylic acids is 2. The molecule has 3 rings (SSSR count). The Bertz CT molecular complexity index is 1200. The minimum atomic E-state index is -4.87. The fraction of sp³-hybridized carbons (Fsp3) is 0.227. The fourth-order valence-corrected chi connectivity index (χ4v) is 3.40. The highest BCUT2D eigenvalue weighted by molar-refractivity contribution is 6.31. The summed E-state index contributed by atoms with van der Waals surface area (Å²) in [5.74, 6) is -1.60. The molecule has 0 bridgehead atoms. The van der Waals surface area contributed by atoms with Gasteiger partial charge in [-0.3, -0.25) is 4.79 Å². The van der Waals surface area contributed by atoms with Crippen molar-refractivity contribution in [1.29, 1.82) is 0 Å². The number of alkyl halides is 3. The van der Waals surface area contributed by atoms with E-state index in [1.54, 1.807) is 12.1 Å². The van der Waals surface area contributed by atoms with Crippen LogP contribution in [0.2, 0.25) is 5.02 Å². The molecule has 2 aromatic carbocycles. The van der Waals surface area contributed by atoms with Gasteiger partial charge in [0.1, 0.15) is 11.3 Å². The molecule has 1 heterocycles. The Kier molecular flexibility index (Phi) is 7.27. The summed E-state index contributed by atoms with van der Waals surface area (Å²) in [4.78, 5) is 28.8. The van der Waals surface area contributed by atoms with Crippen LogP contribution in [0.1, 0.15) is 21.5 Å². The lowest BCUT2D eigenvalue weighted by atomic mass is 10.1. The second-order valence-electron chi connectivity index (χ2n) is 6.78. The molecule has 0 aliphatic heterocycles. The third-order valence-corrected chi connectivity index (χ3v) is 4.77. The summed E-state index contributed by atoms with van der Waals surface area (Å²) in [6, 6.07) is 10.1. The van der Waals surface area contributed by atoms with Crippen LogP contribution in [0, 0.1) is 0 Å². The number of ether oxygens (including phenoxy) is 3. The summed E-state index contributed by atoms with van der Waals surface area (Å²) in [5, 5.41) is 3.48. The lowest BCUT2D eigenvalue weighted by molar-refractivity contribution is -0.274. The smallest absolute Gasteiger partial charge is 0.480 e. The molecular formula is C22H18ClF3N2O5. The van der Waals surface area contributed by atoms with Gasteiger partial charge in [-0.1, -0.05) is 29.8 Å². The first kappa shape index (κ1) is 24.1. The molecular weight excluding hydrogens is 465 g/mol. The zero-order chi connectivity index (χ0) is 24.2. The number of para-hydroxylation sites is 1. The van der Waals surface area contributed by atoms with Gasteiger partial charge in [-0.2, -0.15) is 0 Å². The van der Waals surface area contributed by atoms with Crippen molar-refractivity contribution < 1.29 is 37.0 Å². The predicted octanol–water partition coefficient (Wildman–Crippen LogP) is 4.44. The van der Waals surface area contributed by atoms with Gasteiger partial charge in [-0.05, 0) is 29.8 Å². The maximum Gasteiger partial charge on any atom is 0.573 e. The summed E-state index contributed by atoms with van der Waals surface area (Å²) in [6.45, 7) is -0.0219. The molecule has 0 aliphatic carbocycles. The highest BCUT2D eigenvalue weighted by Crippen LogP contribution is 2.29. The Balaban J connectivity index is 1.83. The highest BCUT2D eigenvalue weighted by Gasteiger charge is 2.32. The zero-order valence-corrected chi connectivity index (χ0v) is 18.2. The number of halogens is 4. The molecule has 3 aromatic rings. The first-order chi connectivity index (χ1) is 15.6. The Morgan fingerprint density at radius 3 is 2.48 bits per heavy atom. The van der Waals surface area contributed by atoms with Crippen molar-refractivity contribution in [2.45, 2.75) is 19.3 Å². The van der Waals surface area contributed by atoms with Crippen LogP contribution in [0.3, 0.4) is 0 Å². The van der Waals surface area contributed by atoms with E-state index >= 15 is 0 Å². The van der Waals surface area contributed by atoms with E-state index in [9.17, 15) is 22.8 Å². The number of rotatable bonds is 7. The molecule has 0 radical (unpaired) electrons. The second-order valence-corrected chi connectivity index (χ2v) is 7.22. The van der Waals surface area contributed by atoms with Gasteiger partial charge in [0.05, 0.1) is 26.2 Å². The molecule has 174 valence electrons. The number of hydrogen-bond donors (Lipinski definition) is 1. The van der Waals surface area contributed by atoms with E-state index in [0.717, 1.165) is 6.07 Å². The Morgan fingerprint density at radius 1 is 1.09 bits per heavy atom. The van der Waals surface area contributed by atoms with Crippen molar-refractivity contribution in [2.24, 2.45) is 0 Å². The second kappa shape index (κ2) is 9.95. The van der Waals surface area contributed by atoms with Crippen LogP contribution >= 0.6 is 11.6 Å². The number of amides is 1. The Hall–Kier alpha value is -3.53. The van der Waals surface area contributed by atoms with E-state index in [-0.39, 0.29) is 30.0 Å². The molecule has 33 heavy (non-hydrogen) atoms. The molecule has 0 unspecified atom stereocenters. The molecule has 1 aromatic heterocycles. The summed E-state index contributed by atoms with van der Waals surface area (Å²) in [7, 11) is 2.57. The van der Waals surface area contributed by atoms with Gasteiger partial charge in [0.2, 0.25) is 11.8 Å². The summed E-state index contributed by atoms with van der Waals surface area (Å²) in [5.41, 5.74) is 1.11. The molecule has 0 saturated carbocycles. The highest BCUT2D eigenvalue weighted by atomic mass is 35.5. The van der Waals surface area contributed by atoms with E-state index in [0.29, 0.717) is 21.5 Å². The number of benzene rings is 2. The standard InChI is InChI=1S/C22H18ClF3N2O5/c1-31-20-16(21(30)32-2)9-13-7-15(23)8-14(19(13)28-20)11-27-18(29)10-12-5-3-4-6-17(12)33-22(24,25)26/h3-9H,10-11H2,1-2H3,(H,27,29). The molecule has 0 spiro atoms. The Labute approximate surface area is 191 Å². The molecule has 0 saturated heterocycles. The average molecular weight is 483 g/mol. The van der Waals surface area contributed by atoms with Crippen LogP contribution in [0.4, 0.5) is 13.2 Å². The number of methoxy groups -OCH3 is 2. The van der Waals surface area contributed by atoms with Gasteiger partial charge in [-0.15, -0.1) is 13.2 Å². The molecule has 0 fully saturated rings. The minimum absolute atomic E-state index is 0.0219. The minimum Gasteiger partial charge on any atom is -0.480 e. The number of hydrogen-bond acceptors (Lipinski definition) is 6. The first-order valence-corrected chi connectivity index (χ1v) is 9.85. The fourth-order valence-electron chi connectivity index (χ4n) is 3.15. The van der Waals surface area contributed by atoms with E-state index in [1.807, 2.05) is 0 Å². The van der Waals surface area contributed by atoms with E-state index < -0.39 is 24.0 Å². The zero-order valence-electron chi connectivity index (χ0n) is 17.5. The van der Waals surface area contributed by atoms with Crippen LogP contribution in [-0.4, -0.2) is 37.4 Å². The van der Waals surface area contributed by atoms with Gasteiger partial charge < -0.3 is 19.5 Å². The topological polar surface area (TPSA) is 86.8 Å². The third-order valence-electron chi connectivity index (χ3n) is 4.55. The largest absolute Gasteiger partial charge is 0.573 e. The van der Waals surface area contributed by atoms with E-state index in [2.05, 4.69) is 15.0 Å². The van der Waals surface area contributed by atoms with Gasteiger partial charge >= 0.3 is 12.3 Å². The van der Waals surface area contributed by atoms with Crippen molar-refractivity contribution in [2.75, 3.05) is 14.2 Å². The number of nitrogens with zero attached hydrogens (tertiary/aromatic N) is 1. The monoisotopic (exact) mass is 482 g/mol. The number of esters is 1. The van der Waals surface area contributed by atoms with Gasteiger partial charge in [0.25, 0.3) is 0 Å². The van der Waals surface area contributed by atoms with Gasteiger partial charge in [0.15, 0.2) is 0 Å². The van der Waals surface area contributed by atoms with Crippen molar-refractivity contribution >= 4 is 34.4 Å². The number of aromatic nitrogens is 1. The molecule has 1 N–H and O–H groups in total. The Morgan fingerprint density at radius 2 is 1.82 bits per heavy atom. The lowest BCUT2D eigenvalue weighted by Gasteiger charge is -2.14. The normalized spacial score (nSPS) is 11.2. The molecule has 0 atom stereocenters. The number of nitrogens with one attached hydrogen (secondary N) is 1. The quantitative estimate of drug-likeness (QED) is 0.501. The van der Waals surface area contributed by atoms with E-state index in [1.165, 1.54) is 38.5 Å². The van der Waals surface area contributed by atoms with Crippen molar-refractivity contribution in [1.82, 2.24) is 10.3 Å². The number of carbonyl (C=O) groups is 2. The number of pyridine rings is 1. The van der Waals surface area contributed by atoms with Gasteiger partial charge in [-0.25, -0.2) is 9.78 Å². The first-order valence-electron chi connectivity index (χ1n) is 9.47. The third kappa shape index (κ3) is 6.04. The van der Waals surface area contributed by atoms with Crippen molar-refractivity contribution in [3.63, 3.8) is 0 Å². The summed E-state index contributed by atoms with van der Waals surface area (Å²) in [6.07, 6.45) is -5.21. The lowest BCUT2D eigenvalue weighted by Crippen LogP contribution is -2.25. The van der Waals surface area contributed by atoms with Crippen LogP contribution in [-0.2, 0) is 22.5 Å². The summed E-state index contributed by atoms with van der Waals surface area (Å²) >= 11 is 6.18. The molecule has 0 aliphatic rings. The van der Waals surface area contributed by atoms with Crippen LogP contribution in [0.15, 0.2) is 42.5 Å². The SMILES string of the molecule is COC(=O)c1cc2cc(Cl)cc(CNC(=O)Cc3ccccc3OC(F)(F)F)c2nc1OC. The predicted molar refractivity (Wildman–Crippen MR) is 113 cm³/mol. The molecule has 7 nitrogen and oxygen atoms in total. The van der Waals surface area contributed by atoms with Crippen LogP contribution in [0.25, 0.3) is 10.9 Å².